The fourth-order valence-corrected chi connectivity index (χ4v) is 4.15. The Kier molecular flexibility index (Phi) is 8.03. The van der Waals surface area contributed by atoms with Crippen LogP contribution < -0.4 is 10.6 Å². The van der Waals surface area contributed by atoms with E-state index >= 15 is 0 Å². The van der Waals surface area contributed by atoms with E-state index in [0.717, 1.165) is 22.3 Å². The van der Waals surface area contributed by atoms with Crippen molar-refractivity contribution < 1.29 is 37.4 Å². The van der Waals surface area contributed by atoms with Gasteiger partial charge in [-0.25, -0.2) is 4.79 Å². The maximum atomic E-state index is 13.3. The number of ether oxygens (including phenoxy) is 1. The Balaban J connectivity index is 1.65. The van der Waals surface area contributed by atoms with E-state index in [9.17, 15) is 27.6 Å². The van der Waals surface area contributed by atoms with Gasteiger partial charge in [0.25, 0.3) is 0 Å². The first kappa shape index (κ1) is 26.1. The number of rotatable bonds is 9. The van der Waals surface area contributed by atoms with Crippen molar-refractivity contribution in [1.82, 2.24) is 10.6 Å². The molecule has 0 fully saturated rings. The molecule has 3 N–H and O–H groups in total. The quantitative estimate of drug-likeness (QED) is 0.479. The van der Waals surface area contributed by atoms with Gasteiger partial charge in [0.15, 0.2) is 0 Å². The second-order valence-corrected chi connectivity index (χ2v) is 8.73. The fraction of sp³-hybridized carbons (Fsp3) is 0.400. The van der Waals surface area contributed by atoms with Gasteiger partial charge in [0.2, 0.25) is 5.91 Å². The van der Waals surface area contributed by atoms with Gasteiger partial charge in [-0.2, -0.15) is 13.2 Å². The number of amides is 2. The van der Waals surface area contributed by atoms with Gasteiger partial charge >= 0.3 is 18.2 Å². The number of alkyl carbamates (subject to hydrolysis) is 1. The van der Waals surface area contributed by atoms with Crippen molar-refractivity contribution in [3.63, 3.8) is 0 Å². The summed E-state index contributed by atoms with van der Waals surface area (Å²) in [6.45, 7) is 3.11. The molecule has 2 atom stereocenters. The molecule has 1 unspecified atom stereocenters. The Morgan fingerprint density at radius 1 is 0.971 bits per heavy atom. The van der Waals surface area contributed by atoms with Gasteiger partial charge in [-0.1, -0.05) is 62.4 Å². The molecule has 0 heterocycles. The van der Waals surface area contributed by atoms with Crippen LogP contribution in [0.15, 0.2) is 48.5 Å². The Hall–Kier alpha value is -3.56. The average molecular weight is 492 g/mol. The van der Waals surface area contributed by atoms with Crippen LogP contribution >= 0.6 is 0 Å². The van der Waals surface area contributed by atoms with Crippen LogP contribution in [0.25, 0.3) is 11.1 Å². The van der Waals surface area contributed by atoms with E-state index < -0.39 is 55.0 Å². The smallest absolute Gasteiger partial charge is 0.408 e. The minimum absolute atomic E-state index is 0.0178. The number of carbonyl (C=O) groups excluding carboxylic acids is 2. The van der Waals surface area contributed by atoms with E-state index in [1.807, 2.05) is 53.8 Å². The minimum Gasteiger partial charge on any atom is -0.481 e. The van der Waals surface area contributed by atoms with Crippen molar-refractivity contribution >= 4 is 18.0 Å². The summed E-state index contributed by atoms with van der Waals surface area (Å²) in [6.07, 6.45) is -7.36. The fourth-order valence-electron chi connectivity index (χ4n) is 4.15. The topological polar surface area (TPSA) is 105 Å². The number of carbonyl (C=O) groups is 3. The standard InChI is InChI=1S/C25H27F3N2O5/c1-14(2)22(23(33)29-20(25(26,27)28)11-12-21(31)32)30-24(34)35-13-19-17-9-5-3-7-15(17)16-8-4-6-10-18(16)19/h3-10,14,19-20,22H,11-13H2,1-2H3,(H,29,33)(H,30,34)(H,31,32)/t20-,22?/m0/s1. The zero-order valence-electron chi connectivity index (χ0n) is 19.3. The molecule has 3 rings (SSSR count). The van der Waals surface area contributed by atoms with Crippen molar-refractivity contribution in [2.24, 2.45) is 5.92 Å². The number of carboxylic acids is 1. The largest absolute Gasteiger partial charge is 0.481 e. The van der Waals surface area contributed by atoms with Crippen LogP contribution in [-0.4, -0.2) is 47.9 Å². The molecule has 0 spiro atoms. The highest BCUT2D eigenvalue weighted by atomic mass is 19.4. The second-order valence-electron chi connectivity index (χ2n) is 8.73. The van der Waals surface area contributed by atoms with Gasteiger partial charge in [0.05, 0.1) is 0 Å². The molecule has 1 aliphatic rings. The molecule has 7 nitrogen and oxygen atoms in total. The molecule has 0 bridgehead atoms. The SMILES string of the molecule is CC(C)C(NC(=O)OCC1c2ccccc2-c2ccccc21)C(=O)N[C@@H](CCC(=O)O)C(F)(F)F. The number of alkyl halides is 3. The third-order valence-corrected chi connectivity index (χ3v) is 5.92. The van der Waals surface area contributed by atoms with Crippen molar-refractivity contribution in [2.45, 2.75) is 50.9 Å². The summed E-state index contributed by atoms with van der Waals surface area (Å²) < 4.78 is 45.2. The average Bonchev–Trinajstić information content (AvgIpc) is 3.11. The lowest BCUT2D eigenvalue weighted by Crippen LogP contribution is -2.55. The van der Waals surface area contributed by atoms with Gasteiger partial charge < -0.3 is 20.5 Å². The summed E-state index contributed by atoms with van der Waals surface area (Å²) in [5.74, 6) is -3.25. The third kappa shape index (κ3) is 6.32. The lowest BCUT2D eigenvalue weighted by Gasteiger charge is -2.26. The van der Waals surface area contributed by atoms with E-state index in [1.165, 1.54) is 0 Å². The molecule has 0 radical (unpaired) electrons. The summed E-state index contributed by atoms with van der Waals surface area (Å²) in [7, 11) is 0. The number of halogens is 3. The number of aliphatic carboxylic acids is 1. The van der Waals surface area contributed by atoms with Crippen LogP contribution in [0.5, 0.6) is 0 Å². The first-order valence-electron chi connectivity index (χ1n) is 11.2. The molecule has 2 aromatic carbocycles. The first-order chi connectivity index (χ1) is 16.5. The normalized spacial score (nSPS) is 14.6. The molecule has 2 aromatic rings. The van der Waals surface area contributed by atoms with Gasteiger partial charge in [-0.05, 0) is 34.6 Å². The molecule has 2 amide bonds. The van der Waals surface area contributed by atoms with Crippen LogP contribution in [0.3, 0.4) is 0 Å². The number of hydrogen-bond donors (Lipinski definition) is 3. The molecule has 0 saturated carbocycles. The van der Waals surface area contributed by atoms with E-state index in [1.54, 1.807) is 13.8 Å². The molecule has 0 aliphatic heterocycles. The monoisotopic (exact) mass is 492 g/mol. The Labute approximate surface area is 200 Å². The predicted molar refractivity (Wildman–Crippen MR) is 122 cm³/mol. The van der Waals surface area contributed by atoms with E-state index in [4.69, 9.17) is 9.84 Å². The lowest BCUT2D eigenvalue weighted by atomic mass is 9.98. The van der Waals surface area contributed by atoms with Crippen molar-refractivity contribution in [3.8, 4) is 11.1 Å². The minimum atomic E-state index is -4.84. The Bertz CT molecular complexity index is 1040. The van der Waals surface area contributed by atoms with Crippen molar-refractivity contribution in [3.05, 3.63) is 59.7 Å². The summed E-state index contributed by atoms with van der Waals surface area (Å²) >= 11 is 0. The van der Waals surface area contributed by atoms with E-state index in [-0.39, 0.29) is 12.5 Å². The Morgan fingerprint density at radius 3 is 2.00 bits per heavy atom. The molecule has 35 heavy (non-hydrogen) atoms. The van der Waals surface area contributed by atoms with Gasteiger partial charge in [-0.3, -0.25) is 9.59 Å². The van der Waals surface area contributed by atoms with E-state index in [2.05, 4.69) is 5.32 Å². The summed E-state index contributed by atoms with van der Waals surface area (Å²) in [6, 6.07) is 11.8. The molecule has 0 aromatic heterocycles. The van der Waals surface area contributed by atoms with Crippen LogP contribution in [0.4, 0.5) is 18.0 Å². The first-order valence-corrected chi connectivity index (χ1v) is 11.2. The second kappa shape index (κ2) is 10.8. The third-order valence-electron chi connectivity index (χ3n) is 5.92. The Morgan fingerprint density at radius 2 is 1.51 bits per heavy atom. The molecule has 188 valence electrons. The summed E-state index contributed by atoms with van der Waals surface area (Å²) in [5.41, 5.74) is 4.06. The predicted octanol–water partition coefficient (Wildman–Crippen LogP) is 4.46. The van der Waals surface area contributed by atoms with E-state index in [0.29, 0.717) is 0 Å². The van der Waals surface area contributed by atoms with Crippen molar-refractivity contribution in [1.29, 1.82) is 0 Å². The molecule has 0 saturated heterocycles. The zero-order valence-corrected chi connectivity index (χ0v) is 19.3. The van der Waals surface area contributed by atoms with Crippen LogP contribution in [0, 0.1) is 5.92 Å². The molecular weight excluding hydrogens is 465 g/mol. The molecule has 10 heteroatoms. The number of carboxylic acid groups (broad SMARTS) is 1. The van der Waals surface area contributed by atoms with Crippen molar-refractivity contribution in [2.75, 3.05) is 6.61 Å². The zero-order chi connectivity index (χ0) is 25.8. The highest BCUT2D eigenvalue weighted by molar-refractivity contribution is 5.86. The van der Waals surface area contributed by atoms with Crippen LogP contribution in [-0.2, 0) is 14.3 Å². The number of hydrogen-bond acceptors (Lipinski definition) is 4. The highest BCUT2D eigenvalue weighted by Crippen LogP contribution is 2.44. The molecular formula is C25H27F3N2O5. The van der Waals surface area contributed by atoms with Gasteiger partial charge in [0.1, 0.15) is 18.7 Å². The summed E-state index contributed by atoms with van der Waals surface area (Å²) in [4.78, 5) is 35.8. The number of nitrogens with one attached hydrogen (secondary N) is 2. The summed E-state index contributed by atoms with van der Waals surface area (Å²) in [5, 5.41) is 12.9. The molecule has 1 aliphatic carbocycles. The van der Waals surface area contributed by atoms with Gasteiger partial charge in [0, 0.05) is 12.3 Å². The maximum absolute atomic E-state index is 13.3. The van der Waals surface area contributed by atoms with Crippen LogP contribution in [0.2, 0.25) is 0 Å². The number of benzene rings is 2. The van der Waals surface area contributed by atoms with Gasteiger partial charge in [-0.15, -0.1) is 0 Å². The number of fused-ring (bicyclic) bond motifs is 3. The highest BCUT2D eigenvalue weighted by Gasteiger charge is 2.42. The maximum Gasteiger partial charge on any atom is 0.408 e. The van der Waals surface area contributed by atoms with Crippen LogP contribution in [0.1, 0.15) is 43.7 Å². The lowest BCUT2D eigenvalue weighted by molar-refractivity contribution is -0.165.